The van der Waals surface area contributed by atoms with Crippen LogP contribution in [0, 0.1) is 0 Å². The van der Waals surface area contributed by atoms with Crippen LogP contribution in [0.3, 0.4) is 0 Å². The molecule has 2 aromatic heterocycles. The lowest BCUT2D eigenvalue weighted by Crippen LogP contribution is -2.15. The van der Waals surface area contributed by atoms with E-state index in [9.17, 15) is 9.59 Å². The van der Waals surface area contributed by atoms with E-state index in [1.807, 2.05) is 11.4 Å². The van der Waals surface area contributed by atoms with E-state index in [4.69, 9.17) is 16.3 Å². The van der Waals surface area contributed by atoms with Gasteiger partial charge in [-0.15, -0.1) is 11.3 Å². The van der Waals surface area contributed by atoms with Crippen molar-refractivity contribution in [3.63, 3.8) is 0 Å². The molecule has 0 aliphatic carbocycles. The van der Waals surface area contributed by atoms with Crippen LogP contribution in [-0.2, 0) is 9.53 Å². The van der Waals surface area contributed by atoms with Crippen LogP contribution in [-0.4, -0.2) is 34.1 Å². The number of ether oxygens (including phenoxy) is 1. The van der Waals surface area contributed by atoms with Gasteiger partial charge < -0.3 is 4.74 Å². The number of thioether (sulfide) groups is 1. The topological polar surface area (TPSA) is 69.2 Å². The Bertz CT molecular complexity index is 880. The van der Waals surface area contributed by atoms with E-state index < -0.39 is 5.97 Å². The third-order valence-corrected chi connectivity index (χ3v) is 5.13. The molecule has 24 heavy (non-hydrogen) atoms. The Hall–Kier alpha value is -1.96. The van der Waals surface area contributed by atoms with Gasteiger partial charge in [-0.3, -0.25) is 9.59 Å². The van der Waals surface area contributed by atoms with Crippen LogP contribution in [0.5, 0.6) is 0 Å². The van der Waals surface area contributed by atoms with E-state index in [1.165, 1.54) is 29.4 Å². The van der Waals surface area contributed by atoms with Gasteiger partial charge >= 0.3 is 5.97 Å². The summed E-state index contributed by atoms with van der Waals surface area (Å²) in [6.45, 7) is -0.293. The minimum absolute atomic E-state index is 0.0792. The number of ketones is 1. The first-order valence-corrected chi connectivity index (χ1v) is 9.13. The number of fused-ring (bicyclic) bond motifs is 1. The molecular weight excluding hydrogens is 368 g/mol. The average Bonchev–Trinajstić information content (AvgIpc) is 3.07. The number of hydrogen-bond acceptors (Lipinski definition) is 7. The maximum atomic E-state index is 11.9. The molecule has 122 valence electrons. The molecule has 0 fully saturated rings. The largest absolute Gasteiger partial charge is 0.457 e. The number of aromatic nitrogens is 2. The number of rotatable bonds is 6. The summed E-state index contributed by atoms with van der Waals surface area (Å²) in [5.74, 6) is -0.660. The molecule has 0 saturated carbocycles. The molecular formula is C16H11ClN2O3S2. The molecule has 0 bridgehead atoms. The van der Waals surface area contributed by atoms with E-state index >= 15 is 0 Å². The fraction of sp³-hybridized carbons (Fsp3) is 0.125. The Morgan fingerprint density at radius 2 is 1.96 bits per heavy atom. The first-order chi connectivity index (χ1) is 11.6. The summed E-state index contributed by atoms with van der Waals surface area (Å²) in [4.78, 5) is 33.0. The zero-order valence-electron chi connectivity index (χ0n) is 12.3. The highest BCUT2D eigenvalue weighted by molar-refractivity contribution is 8.00. The second-order valence-electron chi connectivity index (χ2n) is 4.70. The zero-order chi connectivity index (χ0) is 16.9. The number of carbonyl (C=O) groups excluding carboxylic acids is 2. The number of thiophene rings is 1. The predicted octanol–water partition coefficient (Wildman–Crippen LogP) is 3.86. The van der Waals surface area contributed by atoms with Gasteiger partial charge in [0.1, 0.15) is 16.2 Å². The summed E-state index contributed by atoms with van der Waals surface area (Å²) in [6.07, 6.45) is 1.47. The Labute approximate surface area is 151 Å². The number of esters is 1. The van der Waals surface area contributed by atoms with Crippen molar-refractivity contribution in [2.75, 3.05) is 12.4 Å². The van der Waals surface area contributed by atoms with Gasteiger partial charge in [-0.2, -0.15) is 0 Å². The summed E-state index contributed by atoms with van der Waals surface area (Å²) in [6, 6.07) is 8.35. The van der Waals surface area contributed by atoms with Gasteiger partial charge in [0.15, 0.2) is 12.4 Å². The summed E-state index contributed by atoms with van der Waals surface area (Å²) in [5, 5.41) is 4.11. The minimum atomic E-state index is -0.468. The van der Waals surface area contributed by atoms with Crippen molar-refractivity contribution in [3.8, 4) is 0 Å². The average molecular weight is 379 g/mol. The fourth-order valence-electron chi connectivity index (χ4n) is 1.92. The van der Waals surface area contributed by atoms with Crippen molar-refractivity contribution in [3.05, 3.63) is 52.6 Å². The van der Waals surface area contributed by atoms with Gasteiger partial charge in [0.05, 0.1) is 5.75 Å². The first-order valence-electron chi connectivity index (χ1n) is 6.89. The van der Waals surface area contributed by atoms with Crippen molar-refractivity contribution in [1.82, 2.24) is 9.97 Å². The van der Waals surface area contributed by atoms with Crippen LogP contribution in [0.4, 0.5) is 0 Å². The Balaban J connectivity index is 1.52. The van der Waals surface area contributed by atoms with E-state index in [-0.39, 0.29) is 18.1 Å². The van der Waals surface area contributed by atoms with Gasteiger partial charge in [-0.05, 0) is 35.7 Å². The Morgan fingerprint density at radius 3 is 2.75 bits per heavy atom. The number of benzene rings is 1. The quantitative estimate of drug-likeness (QED) is 0.281. The maximum Gasteiger partial charge on any atom is 0.316 e. The summed E-state index contributed by atoms with van der Waals surface area (Å²) in [5.41, 5.74) is 0.454. The van der Waals surface area contributed by atoms with E-state index in [2.05, 4.69) is 9.97 Å². The van der Waals surface area contributed by atoms with Crippen molar-refractivity contribution < 1.29 is 14.3 Å². The molecule has 0 saturated heterocycles. The summed E-state index contributed by atoms with van der Waals surface area (Å²) >= 11 is 8.55. The summed E-state index contributed by atoms with van der Waals surface area (Å²) < 4.78 is 5.02. The molecule has 3 aromatic rings. The monoisotopic (exact) mass is 378 g/mol. The third kappa shape index (κ3) is 4.11. The normalized spacial score (nSPS) is 10.7. The Kier molecular flexibility index (Phi) is 5.44. The molecule has 0 radical (unpaired) electrons. The molecule has 5 nitrogen and oxygen atoms in total. The van der Waals surface area contributed by atoms with Crippen LogP contribution < -0.4 is 0 Å². The standard InChI is InChI=1S/C16H11ClN2O3S2/c17-11-3-1-10(2-4-11)13(20)7-22-14(21)8-24-16-12-5-6-23-15(12)18-9-19-16/h1-6,9H,7-8H2. The van der Waals surface area contributed by atoms with E-state index in [0.29, 0.717) is 10.6 Å². The van der Waals surface area contributed by atoms with Crippen LogP contribution in [0.15, 0.2) is 47.1 Å². The highest BCUT2D eigenvalue weighted by Gasteiger charge is 2.12. The van der Waals surface area contributed by atoms with Gasteiger partial charge in [0, 0.05) is 16.0 Å². The van der Waals surface area contributed by atoms with Crippen LogP contribution in [0.2, 0.25) is 5.02 Å². The van der Waals surface area contributed by atoms with Crippen LogP contribution >= 0.6 is 34.7 Å². The van der Waals surface area contributed by atoms with Crippen molar-refractivity contribution in [2.24, 2.45) is 0 Å². The molecule has 0 N–H and O–H groups in total. The number of Topliss-reactive ketones (excluding diaryl/α,β-unsaturated/α-hetero) is 1. The molecule has 0 aliphatic rings. The molecule has 0 amide bonds. The number of halogens is 1. The van der Waals surface area contributed by atoms with E-state index in [0.717, 1.165) is 15.2 Å². The summed E-state index contributed by atoms with van der Waals surface area (Å²) in [7, 11) is 0. The zero-order valence-corrected chi connectivity index (χ0v) is 14.7. The molecule has 8 heteroatoms. The molecule has 0 unspecified atom stereocenters. The maximum absolute atomic E-state index is 11.9. The van der Waals surface area contributed by atoms with Crippen LogP contribution in [0.1, 0.15) is 10.4 Å². The van der Waals surface area contributed by atoms with Gasteiger partial charge in [0.25, 0.3) is 0 Å². The predicted molar refractivity (Wildman–Crippen MR) is 94.9 cm³/mol. The highest BCUT2D eigenvalue weighted by atomic mass is 35.5. The SMILES string of the molecule is O=C(CSc1ncnc2sccc12)OCC(=O)c1ccc(Cl)cc1. The number of nitrogens with zero attached hydrogens (tertiary/aromatic N) is 2. The van der Waals surface area contributed by atoms with Gasteiger partial charge in [-0.1, -0.05) is 23.4 Å². The molecule has 1 aromatic carbocycles. The van der Waals surface area contributed by atoms with Crippen molar-refractivity contribution in [2.45, 2.75) is 5.03 Å². The molecule has 0 aliphatic heterocycles. The van der Waals surface area contributed by atoms with Crippen molar-refractivity contribution in [1.29, 1.82) is 0 Å². The number of hydrogen-bond donors (Lipinski definition) is 0. The lowest BCUT2D eigenvalue weighted by molar-refractivity contribution is -0.139. The van der Waals surface area contributed by atoms with Crippen molar-refractivity contribution >= 4 is 56.7 Å². The smallest absolute Gasteiger partial charge is 0.316 e. The second-order valence-corrected chi connectivity index (χ2v) is 6.99. The number of carbonyl (C=O) groups is 2. The Morgan fingerprint density at radius 1 is 1.17 bits per heavy atom. The van der Waals surface area contributed by atoms with Gasteiger partial charge in [-0.25, -0.2) is 9.97 Å². The third-order valence-electron chi connectivity index (χ3n) is 3.08. The molecule has 0 atom stereocenters. The minimum Gasteiger partial charge on any atom is -0.457 e. The lowest BCUT2D eigenvalue weighted by Gasteiger charge is -2.05. The lowest BCUT2D eigenvalue weighted by atomic mass is 10.1. The fourth-order valence-corrected chi connectivity index (χ4v) is 3.62. The van der Waals surface area contributed by atoms with E-state index in [1.54, 1.807) is 24.3 Å². The first kappa shape index (κ1) is 16.9. The molecule has 3 rings (SSSR count). The van der Waals surface area contributed by atoms with Crippen LogP contribution in [0.25, 0.3) is 10.2 Å². The van der Waals surface area contributed by atoms with Gasteiger partial charge in [0.2, 0.25) is 0 Å². The second kappa shape index (κ2) is 7.74. The molecule has 0 spiro atoms. The highest BCUT2D eigenvalue weighted by Crippen LogP contribution is 2.27. The molecule has 2 heterocycles.